The molecule has 8 aromatic carbocycles. The molecule has 3 heterocycles. The monoisotopic (exact) mass is 731 g/mol. The molecule has 0 spiro atoms. The maximum absolute atomic E-state index is 5.35. The number of thiophene rings is 1. The zero-order valence-corrected chi connectivity index (χ0v) is 31.1. The first-order valence-electron chi connectivity index (χ1n) is 18.9. The number of rotatable bonds is 6. The Hall–Kier alpha value is -7.14. The third-order valence-electron chi connectivity index (χ3n) is 10.8. The molecule has 11 aromatic rings. The van der Waals surface area contributed by atoms with Crippen LogP contribution in [0.1, 0.15) is 0 Å². The van der Waals surface area contributed by atoms with Gasteiger partial charge in [0.2, 0.25) is 0 Å². The molecule has 0 amide bonds. The SMILES string of the molecule is c1ccc(-c2cccc(-c3ccc(-c4cc(-c5ccccc5)nc(-c5cccc6c5c5ccccc5n6-c5cccc6c5sc5ccccc56)n4)cc3)c2)cc1. The molecular weight excluding hydrogens is 699 g/mol. The summed E-state index contributed by atoms with van der Waals surface area (Å²) in [4.78, 5) is 10.7. The van der Waals surface area contributed by atoms with E-state index >= 15 is 0 Å². The van der Waals surface area contributed by atoms with Crippen LogP contribution in [0.2, 0.25) is 0 Å². The lowest BCUT2D eigenvalue weighted by molar-refractivity contribution is 1.18. The number of hydrogen-bond donors (Lipinski definition) is 0. The average Bonchev–Trinajstić information content (AvgIpc) is 3.83. The number of para-hydroxylation sites is 1. The number of benzene rings is 8. The van der Waals surface area contributed by atoms with Crippen molar-refractivity contribution in [3.63, 3.8) is 0 Å². The van der Waals surface area contributed by atoms with Crippen molar-refractivity contribution in [2.75, 3.05) is 0 Å². The van der Waals surface area contributed by atoms with Crippen LogP contribution in [0.25, 0.3) is 104 Å². The van der Waals surface area contributed by atoms with Gasteiger partial charge in [-0.1, -0.05) is 164 Å². The Kier molecular flexibility index (Phi) is 7.68. The smallest absolute Gasteiger partial charge is 0.161 e. The number of hydrogen-bond acceptors (Lipinski definition) is 3. The standard InChI is InChI=1S/C52H33N3S/c1-3-14-34(15-4-1)38-18-11-19-39(32-38)35-28-30-37(31-29-35)45-33-44(36-16-5-2-6-17-36)53-52(54-45)43-23-13-25-47-50(43)42-21-7-9-24-46(42)55(47)48-26-12-22-41-40-20-8-10-27-49(40)56-51(41)48/h1-33H. The molecule has 0 N–H and O–H groups in total. The van der Waals surface area contributed by atoms with Crippen molar-refractivity contribution in [3.8, 4) is 61.8 Å². The summed E-state index contributed by atoms with van der Waals surface area (Å²) in [5, 5.41) is 4.89. The van der Waals surface area contributed by atoms with Crippen molar-refractivity contribution in [1.82, 2.24) is 14.5 Å². The van der Waals surface area contributed by atoms with E-state index in [1.807, 2.05) is 17.4 Å². The Morgan fingerprint density at radius 2 is 0.911 bits per heavy atom. The van der Waals surface area contributed by atoms with Crippen molar-refractivity contribution >= 4 is 53.3 Å². The van der Waals surface area contributed by atoms with Crippen LogP contribution in [0.3, 0.4) is 0 Å². The Labute approximate surface area is 328 Å². The average molecular weight is 732 g/mol. The minimum Gasteiger partial charge on any atom is -0.308 e. The summed E-state index contributed by atoms with van der Waals surface area (Å²) in [6.45, 7) is 0. The molecule has 0 radical (unpaired) electrons. The van der Waals surface area contributed by atoms with E-state index in [-0.39, 0.29) is 0 Å². The molecule has 0 saturated heterocycles. The quantitative estimate of drug-likeness (QED) is 0.170. The lowest BCUT2D eigenvalue weighted by atomic mass is 9.98. The van der Waals surface area contributed by atoms with Crippen LogP contribution in [0, 0.1) is 0 Å². The van der Waals surface area contributed by atoms with Gasteiger partial charge in [-0.25, -0.2) is 9.97 Å². The third-order valence-corrected chi connectivity index (χ3v) is 12.1. The molecule has 0 aliphatic carbocycles. The molecule has 3 nitrogen and oxygen atoms in total. The molecule has 0 aliphatic rings. The maximum atomic E-state index is 5.35. The van der Waals surface area contributed by atoms with E-state index in [2.05, 4.69) is 199 Å². The Morgan fingerprint density at radius 1 is 0.375 bits per heavy atom. The molecule has 0 bridgehead atoms. The van der Waals surface area contributed by atoms with Crippen molar-refractivity contribution in [3.05, 3.63) is 200 Å². The number of fused-ring (bicyclic) bond motifs is 6. The van der Waals surface area contributed by atoms with E-state index in [4.69, 9.17) is 9.97 Å². The molecule has 3 aromatic heterocycles. The van der Waals surface area contributed by atoms with Gasteiger partial charge in [-0.2, -0.15) is 0 Å². The van der Waals surface area contributed by atoms with Crippen molar-refractivity contribution in [1.29, 1.82) is 0 Å². The van der Waals surface area contributed by atoms with Crippen molar-refractivity contribution < 1.29 is 0 Å². The predicted molar refractivity (Wildman–Crippen MR) is 236 cm³/mol. The van der Waals surface area contributed by atoms with E-state index in [0.717, 1.165) is 50.1 Å². The normalized spacial score (nSPS) is 11.6. The molecule has 0 saturated carbocycles. The van der Waals surface area contributed by atoms with Crippen LogP contribution < -0.4 is 0 Å². The summed E-state index contributed by atoms with van der Waals surface area (Å²) in [7, 11) is 0. The van der Waals surface area contributed by atoms with Gasteiger partial charge in [0.05, 0.1) is 32.8 Å². The van der Waals surface area contributed by atoms with Gasteiger partial charge in [0.15, 0.2) is 5.82 Å². The van der Waals surface area contributed by atoms with Crippen LogP contribution in [0.15, 0.2) is 200 Å². The van der Waals surface area contributed by atoms with E-state index in [9.17, 15) is 0 Å². The summed E-state index contributed by atoms with van der Waals surface area (Å²) in [5.41, 5.74) is 13.1. The van der Waals surface area contributed by atoms with Gasteiger partial charge >= 0.3 is 0 Å². The first-order valence-corrected chi connectivity index (χ1v) is 19.7. The van der Waals surface area contributed by atoms with Gasteiger partial charge < -0.3 is 4.57 Å². The summed E-state index contributed by atoms with van der Waals surface area (Å²) >= 11 is 1.86. The first kappa shape index (κ1) is 32.3. The summed E-state index contributed by atoms with van der Waals surface area (Å²) in [6.07, 6.45) is 0. The zero-order chi connectivity index (χ0) is 37.0. The van der Waals surface area contributed by atoms with E-state index in [1.165, 1.54) is 47.9 Å². The molecule has 0 unspecified atom stereocenters. The molecule has 0 aliphatic heterocycles. The first-order chi connectivity index (χ1) is 27.8. The third kappa shape index (κ3) is 5.42. The highest BCUT2D eigenvalue weighted by molar-refractivity contribution is 7.26. The number of nitrogens with zero attached hydrogens (tertiary/aromatic N) is 3. The Bertz CT molecular complexity index is 3230. The molecular formula is C52H33N3S. The highest BCUT2D eigenvalue weighted by Gasteiger charge is 2.21. The second kappa shape index (κ2) is 13.3. The summed E-state index contributed by atoms with van der Waals surface area (Å²) in [5.74, 6) is 0.703. The van der Waals surface area contributed by atoms with Gasteiger partial charge in [-0.3, -0.25) is 0 Å². The van der Waals surface area contributed by atoms with Gasteiger partial charge in [0.25, 0.3) is 0 Å². The molecule has 0 atom stereocenters. The fraction of sp³-hybridized carbons (Fsp3) is 0. The highest BCUT2D eigenvalue weighted by atomic mass is 32.1. The van der Waals surface area contributed by atoms with E-state index in [1.54, 1.807) is 0 Å². The minimum absolute atomic E-state index is 0.703. The zero-order valence-electron chi connectivity index (χ0n) is 30.3. The van der Waals surface area contributed by atoms with Crippen LogP contribution in [-0.2, 0) is 0 Å². The van der Waals surface area contributed by atoms with Gasteiger partial charge in [0, 0.05) is 42.9 Å². The second-order valence-corrected chi connectivity index (χ2v) is 15.2. The Morgan fingerprint density at radius 3 is 1.68 bits per heavy atom. The minimum atomic E-state index is 0.703. The summed E-state index contributed by atoms with van der Waals surface area (Å²) < 4.78 is 5.00. The molecule has 4 heteroatoms. The van der Waals surface area contributed by atoms with Crippen molar-refractivity contribution in [2.24, 2.45) is 0 Å². The van der Waals surface area contributed by atoms with E-state index < -0.39 is 0 Å². The Balaban J connectivity index is 1.08. The van der Waals surface area contributed by atoms with Crippen molar-refractivity contribution in [2.45, 2.75) is 0 Å². The fourth-order valence-electron chi connectivity index (χ4n) is 8.19. The van der Waals surface area contributed by atoms with Crippen LogP contribution >= 0.6 is 11.3 Å². The second-order valence-electron chi connectivity index (χ2n) is 14.2. The van der Waals surface area contributed by atoms with Crippen LogP contribution in [0.5, 0.6) is 0 Å². The predicted octanol–water partition coefficient (Wildman–Crippen LogP) is 14.3. The summed E-state index contributed by atoms with van der Waals surface area (Å²) in [6, 6.07) is 71.3. The van der Waals surface area contributed by atoms with Crippen LogP contribution in [0.4, 0.5) is 0 Å². The number of aromatic nitrogens is 3. The van der Waals surface area contributed by atoms with Gasteiger partial charge in [-0.05, 0) is 58.7 Å². The topological polar surface area (TPSA) is 30.7 Å². The molecule has 56 heavy (non-hydrogen) atoms. The molecule has 262 valence electrons. The largest absolute Gasteiger partial charge is 0.308 e. The van der Waals surface area contributed by atoms with Gasteiger partial charge in [0.1, 0.15) is 0 Å². The maximum Gasteiger partial charge on any atom is 0.161 e. The lowest BCUT2D eigenvalue weighted by Crippen LogP contribution is -1.97. The highest BCUT2D eigenvalue weighted by Crippen LogP contribution is 2.43. The van der Waals surface area contributed by atoms with Gasteiger partial charge in [-0.15, -0.1) is 11.3 Å². The molecule has 0 fully saturated rings. The fourth-order valence-corrected chi connectivity index (χ4v) is 9.39. The van der Waals surface area contributed by atoms with Crippen LogP contribution in [-0.4, -0.2) is 14.5 Å². The lowest BCUT2D eigenvalue weighted by Gasteiger charge is -2.12. The van der Waals surface area contributed by atoms with E-state index in [0.29, 0.717) is 5.82 Å². The molecule has 11 rings (SSSR count).